The van der Waals surface area contributed by atoms with E-state index in [2.05, 4.69) is 15.2 Å². The fourth-order valence-electron chi connectivity index (χ4n) is 3.60. The lowest BCUT2D eigenvalue weighted by Crippen LogP contribution is -2.33. The number of piperidine rings is 1. The van der Waals surface area contributed by atoms with Crippen LogP contribution in [0.15, 0.2) is 30.5 Å². The number of anilines is 1. The monoisotopic (exact) mass is 401 g/mol. The van der Waals surface area contributed by atoms with E-state index in [-0.39, 0.29) is 5.91 Å². The first-order valence-electron chi connectivity index (χ1n) is 9.78. The van der Waals surface area contributed by atoms with Gasteiger partial charge >= 0.3 is 0 Å². The second-order valence-corrected chi connectivity index (χ2v) is 7.47. The van der Waals surface area contributed by atoms with Crippen LogP contribution in [-0.2, 0) is 6.54 Å². The van der Waals surface area contributed by atoms with Crippen LogP contribution in [0.4, 0.5) is 5.82 Å². The molecule has 0 atom stereocenters. The highest BCUT2D eigenvalue weighted by atomic mass is 35.5. The van der Waals surface area contributed by atoms with Gasteiger partial charge in [0, 0.05) is 32.3 Å². The van der Waals surface area contributed by atoms with Crippen molar-refractivity contribution in [1.82, 2.24) is 10.3 Å². The Balaban J connectivity index is 1.48. The summed E-state index contributed by atoms with van der Waals surface area (Å²) in [6, 6.07) is 7.31. The molecule has 148 valence electrons. The molecule has 0 unspecified atom stereocenters. The number of fused-ring (bicyclic) bond motifs is 1. The summed E-state index contributed by atoms with van der Waals surface area (Å²) in [5.41, 5.74) is 1.47. The van der Waals surface area contributed by atoms with Gasteiger partial charge in [0.2, 0.25) is 0 Å². The number of hydrogen-bond acceptors (Lipinski definition) is 5. The summed E-state index contributed by atoms with van der Waals surface area (Å²) in [5, 5.41) is 3.48. The third-order valence-corrected chi connectivity index (χ3v) is 5.28. The molecule has 0 spiro atoms. The molecule has 1 amide bonds. The number of nitrogens with one attached hydrogen (secondary N) is 1. The molecule has 6 nitrogen and oxygen atoms in total. The van der Waals surface area contributed by atoms with Crippen LogP contribution in [-0.4, -0.2) is 37.2 Å². The molecule has 1 fully saturated rings. The molecule has 2 aliphatic rings. The van der Waals surface area contributed by atoms with Crippen LogP contribution in [0.2, 0.25) is 5.02 Å². The van der Waals surface area contributed by atoms with Crippen molar-refractivity contribution in [3.05, 3.63) is 46.6 Å². The number of nitrogens with zero attached hydrogens (tertiary/aromatic N) is 2. The highest BCUT2D eigenvalue weighted by molar-refractivity contribution is 6.32. The smallest absolute Gasteiger partial charge is 0.255 e. The van der Waals surface area contributed by atoms with E-state index in [9.17, 15) is 4.79 Å². The maximum atomic E-state index is 12.8. The van der Waals surface area contributed by atoms with E-state index in [4.69, 9.17) is 21.1 Å². The summed E-state index contributed by atoms with van der Waals surface area (Å²) in [6.45, 7) is 3.41. The number of aromatic nitrogens is 1. The van der Waals surface area contributed by atoms with Crippen LogP contribution < -0.4 is 19.7 Å². The first kappa shape index (κ1) is 18.9. The van der Waals surface area contributed by atoms with Crippen LogP contribution in [0, 0.1) is 0 Å². The Morgan fingerprint density at radius 3 is 2.82 bits per heavy atom. The number of rotatable bonds is 4. The van der Waals surface area contributed by atoms with Crippen molar-refractivity contribution in [1.29, 1.82) is 0 Å². The number of benzene rings is 1. The number of halogens is 1. The van der Waals surface area contributed by atoms with Gasteiger partial charge in [-0.1, -0.05) is 11.6 Å². The maximum Gasteiger partial charge on any atom is 0.255 e. The van der Waals surface area contributed by atoms with Gasteiger partial charge in [0.1, 0.15) is 5.82 Å². The van der Waals surface area contributed by atoms with E-state index in [1.807, 2.05) is 18.2 Å². The van der Waals surface area contributed by atoms with Crippen LogP contribution in [0.5, 0.6) is 11.5 Å². The molecule has 1 saturated heterocycles. The number of hydrogen-bond donors (Lipinski definition) is 1. The normalized spacial score (nSPS) is 16.4. The lowest BCUT2D eigenvalue weighted by molar-refractivity contribution is 0.0951. The van der Waals surface area contributed by atoms with Crippen molar-refractivity contribution in [2.45, 2.75) is 32.2 Å². The van der Waals surface area contributed by atoms with Gasteiger partial charge in [0.05, 0.1) is 23.8 Å². The first-order chi connectivity index (χ1) is 13.7. The molecule has 1 N–H and O–H groups in total. The second kappa shape index (κ2) is 8.69. The number of amides is 1. The molecular formula is C21H24ClN3O3. The van der Waals surface area contributed by atoms with Gasteiger partial charge in [-0.15, -0.1) is 0 Å². The van der Waals surface area contributed by atoms with Crippen molar-refractivity contribution in [2.24, 2.45) is 0 Å². The first-order valence-corrected chi connectivity index (χ1v) is 10.2. The molecule has 4 rings (SSSR count). The molecule has 0 bridgehead atoms. The van der Waals surface area contributed by atoms with E-state index in [1.54, 1.807) is 12.3 Å². The summed E-state index contributed by atoms with van der Waals surface area (Å²) in [7, 11) is 0. The van der Waals surface area contributed by atoms with Gasteiger partial charge in [-0.3, -0.25) is 4.79 Å². The predicted octanol–water partition coefficient (Wildman–Crippen LogP) is 3.82. The van der Waals surface area contributed by atoms with E-state index in [1.165, 1.54) is 6.42 Å². The molecular weight excluding hydrogens is 378 g/mol. The third-order valence-electron chi connectivity index (χ3n) is 5.00. The zero-order chi connectivity index (χ0) is 19.3. The summed E-state index contributed by atoms with van der Waals surface area (Å²) in [4.78, 5) is 19.5. The van der Waals surface area contributed by atoms with E-state index < -0.39 is 0 Å². The Morgan fingerprint density at radius 2 is 1.96 bits per heavy atom. The fraction of sp³-hybridized carbons (Fsp3) is 0.429. The molecule has 28 heavy (non-hydrogen) atoms. The van der Waals surface area contributed by atoms with Crippen LogP contribution in [0.3, 0.4) is 0 Å². The molecule has 1 aromatic carbocycles. The number of carbonyl (C=O) groups excluding carboxylic acids is 1. The standard InChI is InChI=1S/C21H24ClN3O3/c22-17-12-15(13-18-19(17)28-11-5-10-27-18)14-24-21(26)16-6-4-7-23-20(16)25-8-2-1-3-9-25/h4,6-7,12-13H,1-3,5,8-11,14H2,(H,24,26). The molecule has 1 aromatic heterocycles. The topological polar surface area (TPSA) is 63.7 Å². The summed E-state index contributed by atoms with van der Waals surface area (Å²) < 4.78 is 11.4. The van der Waals surface area contributed by atoms with Crippen molar-refractivity contribution >= 4 is 23.3 Å². The van der Waals surface area contributed by atoms with Crippen molar-refractivity contribution in [2.75, 3.05) is 31.2 Å². The minimum Gasteiger partial charge on any atom is -0.489 e. The Kier molecular flexibility index (Phi) is 5.86. The largest absolute Gasteiger partial charge is 0.489 e. The number of ether oxygens (including phenoxy) is 2. The zero-order valence-electron chi connectivity index (χ0n) is 15.7. The van der Waals surface area contributed by atoms with E-state index in [0.717, 1.165) is 43.7 Å². The van der Waals surface area contributed by atoms with Gasteiger partial charge in [0.15, 0.2) is 11.5 Å². The van der Waals surface area contributed by atoms with E-state index in [0.29, 0.717) is 41.8 Å². The SMILES string of the molecule is O=C(NCc1cc(Cl)c2c(c1)OCCCO2)c1cccnc1N1CCCCC1. The Labute approximate surface area is 169 Å². The highest BCUT2D eigenvalue weighted by Gasteiger charge is 2.20. The van der Waals surface area contributed by atoms with Crippen molar-refractivity contribution in [3.8, 4) is 11.5 Å². The van der Waals surface area contributed by atoms with Crippen LogP contribution in [0.25, 0.3) is 0 Å². The van der Waals surface area contributed by atoms with Gasteiger partial charge in [-0.25, -0.2) is 4.98 Å². The van der Waals surface area contributed by atoms with Crippen LogP contribution in [0.1, 0.15) is 41.6 Å². The van der Waals surface area contributed by atoms with Crippen molar-refractivity contribution < 1.29 is 14.3 Å². The lowest BCUT2D eigenvalue weighted by atomic mass is 10.1. The highest BCUT2D eigenvalue weighted by Crippen LogP contribution is 2.38. The van der Waals surface area contributed by atoms with Gasteiger partial charge in [0.25, 0.3) is 5.91 Å². The summed E-state index contributed by atoms with van der Waals surface area (Å²) in [5.74, 6) is 1.83. The van der Waals surface area contributed by atoms with Gasteiger partial charge < -0.3 is 19.7 Å². The molecule has 0 aliphatic carbocycles. The Bertz CT molecular complexity index is 853. The Hall–Kier alpha value is -2.47. The quantitative estimate of drug-likeness (QED) is 0.843. The Morgan fingerprint density at radius 1 is 1.14 bits per heavy atom. The maximum absolute atomic E-state index is 12.8. The average Bonchev–Trinajstić information content (AvgIpc) is 2.98. The van der Waals surface area contributed by atoms with Gasteiger partial charge in [-0.2, -0.15) is 0 Å². The molecule has 2 aliphatic heterocycles. The fourth-order valence-corrected chi connectivity index (χ4v) is 3.88. The minimum absolute atomic E-state index is 0.142. The second-order valence-electron chi connectivity index (χ2n) is 7.06. The minimum atomic E-state index is -0.142. The molecule has 7 heteroatoms. The molecule has 0 radical (unpaired) electrons. The number of carbonyl (C=O) groups is 1. The van der Waals surface area contributed by atoms with Crippen LogP contribution >= 0.6 is 11.6 Å². The molecule has 2 aromatic rings. The van der Waals surface area contributed by atoms with Crippen molar-refractivity contribution in [3.63, 3.8) is 0 Å². The number of pyridine rings is 1. The summed E-state index contributed by atoms with van der Waals surface area (Å²) >= 11 is 6.34. The average molecular weight is 402 g/mol. The zero-order valence-corrected chi connectivity index (χ0v) is 16.5. The lowest BCUT2D eigenvalue weighted by Gasteiger charge is -2.29. The van der Waals surface area contributed by atoms with E-state index >= 15 is 0 Å². The summed E-state index contributed by atoms with van der Waals surface area (Å²) in [6.07, 6.45) is 6.05. The molecule has 0 saturated carbocycles. The molecule has 3 heterocycles. The third kappa shape index (κ3) is 4.17. The predicted molar refractivity (Wildman–Crippen MR) is 109 cm³/mol. The van der Waals surface area contributed by atoms with Gasteiger partial charge in [-0.05, 0) is 49.1 Å².